The first kappa shape index (κ1) is 14.6. The van der Waals surface area contributed by atoms with Crippen LogP contribution in [0.1, 0.15) is 36.4 Å². The van der Waals surface area contributed by atoms with Gasteiger partial charge in [-0.1, -0.05) is 13.8 Å². The molecule has 1 aromatic heterocycles. The fourth-order valence-electron chi connectivity index (χ4n) is 2.44. The number of aryl methyl sites for hydroxylation is 1. The van der Waals surface area contributed by atoms with Crippen molar-refractivity contribution in [2.45, 2.75) is 27.2 Å². The summed E-state index contributed by atoms with van der Waals surface area (Å²) < 4.78 is 5.25. The third-order valence-electron chi connectivity index (χ3n) is 3.52. The summed E-state index contributed by atoms with van der Waals surface area (Å²) in [7, 11) is 0. The highest BCUT2D eigenvalue weighted by molar-refractivity contribution is 5.93. The monoisotopic (exact) mass is 278 g/mol. The van der Waals surface area contributed by atoms with Gasteiger partial charge < -0.3 is 14.2 Å². The molecule has 2 heterocycles. The van der Waals surface area contributed by atoms with Crippen LogP contribution in [0.25, 0.3) is 0 Å². The van der Waals surface area contributed by atoms with Gasteiger partial charge in [0.25, 0.3) is 5.91 Å². The van der Waals surface area contributed by atoms with Gasteiger partial charge in [-0.15, -0.1) is 0 Å². The summed E-state index contributed by atoms with van der Waals surface area (Å²) in [5.41, 5.74) is 0.838. The number of carbonyl (C=O) groups excluding carboxylic acids is 2. The Labute approximate surface area is 119 Å². The van der Waals surface area contributed by atoms with Crippen LogP contribution in [0.2, 0.25) is 0 Å². The van der Waals surface area contributed by atoms with Crippen molar-refractivity contribution >= 4 is 11.8 Å². The van der Waals surface area contributed by atoms with Gasteiger partial charge in [-0.05, 0) is 18.9 Å². The Kier molecular flexibility index (Phi) is 4.47. The molecule has 5 heteroatoms. The van der Waals surface area contributed by atoms with Crippen LogP contribution in [0.5, 0.6) is 0 Å². The van der Waals surface area contributed by atoms with Gasteiger partial charge in [-0.2, -0.15) is 0 Å². The van der Waals surface area contributed by atoms with Crippen molar-refractivity contribution in [1.29, 1.82) is 0 Å². The lowest BCUT2D eigenvalue weighted by molar-refractivity contribution is -0.130. The van der Waals surface area contributed by atoms with Crippen molar-refractivity contribution in [2.75, 3.05) is 26.2 Å². The molecule has 1 aliphatic heterocycles. The summed E-state index contributed by atoms with van der Waals surface area (Å²) in [5.74, 6) is 0.833. The normalized spacial score (nSPS) is 16.7. The van der Waals surface area contributed by atoms with E-state index in [1.54, 1.807) is 11.0 Å². The van der Waals surface area contributed by atoms with E-state index >= 15 is 0 Å². The zero-order valence-electron chi connectivity index (χ0n) is 12.4. The van der Waals surface area contributed by atoms with Gasteiger partial charge in [0, 0.05) is 38.2 Å². The van der Waals surface area contributed by atoms with Crippen molar-refractivity contribution in [3.05, 3.63) is 23.7 Å². The summed E-state index contributed by atoms with van der Waals surface area (Å²) in [6, 6.07) is 1.78. The maximum absolute atomic E-state index is 12.4. The molecule has 0 aliphatic carbocycles. The molecule has 110 valence electrons. The number of hydrogen-bond donors (Lipinski definition) is 0. The SMILES string of the molecule is Cc1ccoc1C(=O)N1CCC(=O)N(CC(C)C)CC1. The van der Waals surface area contributed by atoms with E-state index in [4.69, 9.17) is 4.42 Å². The molecule has 1 fully saturated rings. The van der Waals surface area contributed by atoms with E-state index in [1.165, 1.54) is 6.26 Å². The van der Waals surface area contributed by atoms with E-state index in [0.717, 1.165) is 12.1 Å². The van der Waals surface area contributed by atoms with Crippen molar-refractivity contribution in [2.24, 2.45) is 5.92 Å². The summed E-state index contributed by atoms with van der Waals surface area (Å²) in [4.78, 5) is 28.0. The second-order valence-corrected chi connectivity index (χ2v) is 5.71. The van der Waals surface area contributed by atoms with Crippen LogP contribution in [0.3, 0.4) is 0 Å². The fourth-order valence-corrected chi connectivity index (χ4v) is 2.44. The van der Waals surface area contributed by atoms with E-state index in [1.807, 2.05) is 11.8 Å². The Bertz CT molecular complexity index is 493. The highest BCUT2D eigenvalue weighted by atomic mass is 16.3. The van der Waals surface area contributed by atoms with E-state index in [-0.39, 0.29) is 11.8 Å². The summed E-state index contributed by atoms with van der Waals surface area (Å²) in [6.07, 6.45) is 1.91. The van der Waals surface area contributed by atoms with Crippen LogP contribution in [-0.2, 0) is 4.79 Å². The molecule has 0 spiro atoms. The molecule has 2 rings (SSSR count). The van der Waals surface area contributed by atoms with Gasteiger partial charge in [0.05, 0.1) is 6.26 Å². The Morgan fingerprint density at radius 1 is 1.35 bits per heavy atom. The Balaban J connectivity index is 2.04. The van der Waals surface area contributed by atoms with Gasteiger partial charge in [0.1, 0.15) is 0 Å². The van der Waals surface area contributed by atoms with E-state index in [0.29, 0.717) is 37.7 Å². The molecular formula is C15H22N2O3. The Morgan fingerprint density at radius 2 is 2.10 bits per heavy atom. The lowest BCUT2D eigenvalue weighted by Crippen LogP contribution is -2.37. The molecule has 20 heavy (non-hydrogen) atoms. The van der Waals surface area contributed by atoms with Crippen LogP contribution in [0, 0.1) is 12.8 Å². The molecule has 0 N–H and O–H groups in total. The second kappa shape index (κ2) is 6.11. The van der Waals surface area contributed by atoms with Gasteiger partial charge in [-0.3, -0.25) is 9.59 Å². The summed E-state index contributed by atoms with van der Waals surface area (Å²) in [5, 5.41) is 0. The second-order valence-electron chi connectivity index (χ2n) is 5.71. The molecule has 1 aromatic rings. The quantitative estimate of drug-likeness (QED) is 0.848. The predicted molar refractivity (Wildman–Crippen MR) is 75.4 cm³/mol. The first-order valence-electron chi connectivity index (χ1n) is 7.10. The van der Waals surface area contributed by atoms with E-state index in [2.05, 4.69) is 13.8 Å². The molecule has 0 bridgehead atoms. The fraction of sp³-hybridized carbons (Fsp3) is 0.600. The molecule has 2 amide bonds. The van der Waals surface area contributed by atoms with Gasteiger partial charge >= 0.3 is 0 Å². The third kappa shape index (κ3) is 3.21. The van der Waals surface area contributed by atoms with Crippen LogP contribution in [0.15, 0.2) is 16.7 Å². The topological polar surface area (TPSA) is 53.8 Å². The average Bonchev–Trinajstić information content (AvgIpc) is 2.73. The Hall–Kier alpha value is -1.78. The number of hydrogen-bond acceptors (Lipinski definition) is 3. The van der Waals surface area contributed by atoms with Crippen LogP contribution >= 0.6 is 0 Å². The van der Waals surface area contributed by atoms with Crippen LogP contribution in [0.4, 0.5) is 0 Å². The molecule has 5 nitrogen and oxygen atoms in total. The molecular weight excluding hydrogens is 256 g/mol. The minimum Gasteiger partial charge on any atom is -0.459 e. The van der Waals surface area contributed by atoms with Crippen LogP contribution in [-0.4, -0.2) is 47.8 Å². The van der Waals surface area contributed by atoms with E-state index < -0.39 is 0 Å². The number of carbonyl (C=O) groups is 2. The molecule has 1 saturated heterocycles. The van der Waals surface area contributed by atoms with Crippen molar-refractivity contribution < 1.29 is 14.0 Å². The smallest absolute Gasteiger partial charge is 0.289 e. The zero-order chi connectivity index (χ0) is 14.7. The zero-order valence-corrected chi connectivity index (χ0v) is 12.4. The standard InChI is InChI=1S/C15H22N2O3/c1-11(2)10-17-8-7-16(6-4-13(17)18)15(19)14-12(3)5-9-20-14/h5,9,11H,4,6-8,10H2,1-3H3. The third-order valence-corrected chi connectivity index (χ3v) is 3.52. The minimum atomic E-state index is -0.119. The molecule has 1 aliphatic rings. The highest BCUT2D eigenvalue weighted by Gasteiger charge is 2.26. The molecule has 0 aromatic carbocycles. The summed E-state index contributed by atoms with van der Waals surface area (Å²) in [6.45, 7) is 8.42. The van der Waals surface area contributed by atoms with Gasteiger partial charge in [0.15, 0.2) is 5.76 Å². The minimum absolute atomic E-state index is 0.119. The van der Waals surface area contributed by atoms with Crippen molar-refractivity contribution in [3.8, 4) is 0 Å². The van der Waals surface area contributed by atoms with Gasteiger partial charge in [0.2, 0.25) is 5.91 Å². The first-order chi connectivity index (χ1) is 9.49. The molecule has 0 atom stereocenters. The first-order valence-corrected chi connectivity index (χ1v) is 7.10. The maximum Gasteiger partial charge on any atom is 0.289 e. The predicted octanol–water partition coefficient (Wildman–Crippen LogP) is 1.92. The number of rotatable bonds is 3. The lowest BCUT2D eigenvalue weighted by atomic mass is 10.2. The van der Waals surface area contributed by atoms with Gasteiger partial charge in [-0.25, -0.2) is 0 Å². The highest BCUT2D eigenvalue weighted by Crippen LogP contribution is 2.15. The average molecular weight is 278 g/mol. The Morgan fingerprint density at radius 3 is 2.70 bits per heavy atom. The molecule has 0 unspecified atom stereocenters. The lowest BCUT2D eigenvalue weighted by Gasteiger charge is -2.23. The number of furan rings is 1. The van der Waals surface area contributed by atoms with Crippen molar-refractivity contribution in [1.82, 2.24) is 9.80 Å². The maximum atomic E-state index is 12.4. The number of nitrogens with zero attached hydrogens (tertiary/aromatic N) is 2. The van der Waals surface area contributed by atoms with Crippen molar-refractivity contribution in [3.63, 3.8) is 0 Å². The van der Waals surface area contributed by atoms with E-state index in [9.17, 15) is 9.59 Å². The molecule has 0 radical (unpaired) electrons. The number of amides is 2. The molecule has 0 saturated carbocycles. The van der Waals surface area contributed by atoms with Crippen LogP contribution < -0.4 is 0 Å². The summed E-state index contributed by atoms with van der Waals surface area (Å²) >= 11 is 0. The largest absolute Gasteiger partial charge is 0.459 e.